The molecule has 0 atom stereocenters. The van der Waals surface area contributed by atoms with Crippen LogP contribution in [0.1, 0.15) is 12.8 Å². The highest BCUT2D eigenvalue weighted by Crippen LogP contribution is 1.80. The van der Waals surface area contributed by atoms with Crippen LogP contribution in [-0.2, 0) is 0 Å². The molecule has 0 aromatic heterocycles. The third-order valence-corrected chi connectivity index (χ3v) is 0.869. The Kier molecular flexibility index (Phi) is 6.24. The fraction of sp³-hybridized carbons (Fsp3) is 0.571. The number of terminal acetylenes is 1. The van der Waals surface area contributed by atoms with E-state index in [0.29, 0.717) is 13.0 Å². The first-order valence-electron chi connectivity index (χ1n) is 2.93. The van der Waals surface area contributed by atoms with Crippen molar-refractivity contribution in [3.63, 3.8) is 0 Å². The van der Waals surface area contributed by atoms with Gasteiger partial charge in [-0.25, -0.2) is 0 Å². The third-order valence-electron chi connectivity index (χ3n) is 0.869. The second kappa shape index (κ2) is 7.01. The summed E-state index contributed by atoms with van der Waals surface area (Å²) >= 11 is 0. The minimum absolute atomic E-state index is 0.603. The zero-order valence-corrected chi connectivity index (χ0v) is 5.35. The SMILES string of the molecule is C#CCNCCCC#N. The molecule has 48 valence electrons. The minimum Gasteiger partial charge on any atom is -0.306 e. The van der Waals surface area contributed by atoms with Gasteiger partial charge in [-0.15, -0.1) is 6.42 Å². The predicted molar refractivity (Wildman–Crippen MR) is 36.5 cm³/mol. The molecule has 0 unspecified atom stereocenters. The van der Waals surface area contributed by atoms with Crippen molar-refractivity contribution >= 4 is 0 Å². The molecule has 0 aliphatic carbocycles. The quantitative estimate of drug-likeness (QED) is 0.435. The van der Waals surface area contributed by atoms with Crippen LogP contribution < -0.4 is 5.32 Å². The molecular weight excluding hydrogens is 112 g/mol. The van der Waals surface area contributed by atoms with E-state index in [-0.39, 0.29) is 0 Å². The summed E-state index contributed by atoms with van der Waals surface area (Å²) in [6.45, 7) is 1.45. The average molecular weight is 122 g/mol. The van der Waals surface area contributed by atoms with Crippen LogP contribution in [-0.4, -0.2) is 13.1 Å². The Bertz CT molecular complexity index is 111. The first kappa shape index (κ1) is 8.01. The maximum atomic E-state index is 8.10. The van der Waals surface area contributed by atoms with E-state index < -0.39 is 0 Å². The van der Waals surface area contributed by atoms with E-state index in [2.05, 4.69) is 17.3 Å². The van der Waals surface area contributed by atoms with Crippen molar-refractivity contribution in [2.45, 2.75) is 12.8 Å². The number of nitrogens with one attached hydrogen (secondary N) is 1. The van der Waals surface area contributed by atoms with Crippen LogP contribution in [0, 0.1) is 23.7 Å². The monoisotopic (exact) mass is 122 g/mol. The molecule has 2 nitrogen and oxygen atoms in total. The smallest absolute Gasteiger partial charge is 0.0622 e. The van der Waals surface area contributed by atoms with Crippen LogP contribution in [0.3, 0.4) is 0 Å². The summed E-state index contributed by atoms with van der Waals surface area (Å²) < 4.78 is 0. The lowest BCUT2D eigenvalue weighted by molar-refractivity contribution is 0.710. The van der Waals surface area contributed by atoms with Crippen LogP contribution in [0.2, 0.25) is 0 Å². The van der Waals surface area contributed by atoms with Gasteiger partial charge in [0.25, 0.3) is 0 Å². The van der Waals surface area contributed by atoms with Crippen molar-refractivity contribution in [2.75, 3.05) is 13.1 Å². The minimum atomic E-state index is 0.603. The maximum absolute atomic E-state index is 8.10. The van der Waals surface area contributed by atoms with Crippen LogP contribution in [0.4, 0.5) is 0 Å². The molecule has 0 amide bonds. The van der Waals surface area contributed by atoms with Crippen molar-refractivity contribution in [3.05, 3.63) is 0 Å². The van der Waals surface area contributed by atoms with Gasteiger partial charge in [-0.2, -0.15) is 5.26 Å². The fourth-order valence-electron chi connectivity index (χ4n) is 0.453. The molecule has 0 fully saturated rings. The number of nitrogens with zero attached hydrogens (tertiary/aromatic N) is 1. The average Bonchev–Trinajstić information content (AvgIpc) is 1.89. The normalized spacial score (nSPS) is 7.78. The van der Waals surface area contributed by atoms with E-state index in [1.54, 1.807) is 0 Å². The summed E-state index contributed by atoms with van der Waals surface area (Å²) in [5.41, 5.74) is 0. The second-order valence-electron chi connectivity index (χ2n) is 1.64. The summed E-state index contributed by atoms with van der Waals surface area (Å²) in [6.07, 6.45) is 6.46. The summed E-state index contributed by atoms with van der Waals surface area (Å²) in [6, 6.07) is 2.05. The van der Waals surface area contributed by atoms with Gasteiger partial charge >= 0.3 is 0 Å². The lowest BCUT2D eigenvalue weighted by atomic mass is 10.3. The van der Waals surface area contributed by atoms with Crippen molar-refractivity contribution in [1.29, 1.82) is 5.26 Å². The van der Waals surface area contributed by atoms with Crippen LogP contribution in [0.25, 0.3) is 0 Å². The molecule has 0 saturated carbocycles. The van der Waals surface area contributed by atoms with E-state index in [1.807, 2.05) is 0 Å². The highest BCUT2D eigenvalue weighted by Gasteiger charge is 1.82. The molecule has 0 heterocycles. The van der Waals surface area contributed by atoms with Crippen molar-refractivity contribution in [2.24, 2.45) is 0 Å². The summed E-state index contributed by atoms with van der Waals surface area (Å²) in [7, 11) is 0. The van der Waals surface area contributed by atoms with Crippen LogP contribution >= 0.6 is 0 Å². The topological polar surface area (TPSA) is 35.8 Å². The standard InChI is InChI=1S/C7H10N2/c1-2-6-9-7-4-3-5-8/h1,9H,3-4,6-7H2. The van der Waals surface area contributed by atoms with Gasteiger partial charge in [0.1, 0.15) is 0 Å². The molecule has 0 aromatic rings. The fourth-order valence-corrected chi connectivity index (χ4v) is 0.453. The van der Waals surface area contributed by atoms with Gasteiger partial charge in [0, 0.05) is 6.42 Å². The molecule has 0 aliphatic heterocycles. The van der Waals surface area contributed by atoms with Crippen molar-refractivity contribution in [3.8, 4) is 18.4 Å². The van der Waals surface area contributed by atoms with Crippen molar-refractivity contribution in [1.82, 2.24) is 5.32 Å². The van der Waals surface area contributed by atoms with Gasteiger partial charge in [0.15, 0.2) is 0 Å². The molecule has 0 spiro atoms. The molecule has 0 bridgehead atoms. The summed E-state index contributed by atoms with van der Waals surface area (Å²) in [4.78, 5) is 0. The van der Waals surface area contributed by atoms with Gasteiger partial charge in [-0.3, -0.25) is 0 Å². The summed E-state index contributed by atoms with van der Waals surface area (Å²) in [5, 5.41) is 11.1. The second-order valence-corrected chi connectivity index (χ2v) is 1.64. The molecule has 0 saturated heterocycles. The first-order chi connectivity index (χ1) is 4.41. The first-order valence-corrected chi connectivity index (χ1v) is 2.93. The Hall–Kier alpha value is -0.990. The van der Waals surface area contributed by atoms with Crippen LogP contribution in [0.5, 0.6) is 0 Å². The van der Waals surface area contributed by atoms with Gasteiger partial charge in [0.2, 0.25) is 0 Å². The molecule has 9 heavy (non-hydrogen) atoms. The van der Waals surface area contributed by atoms with E-state index in [9.17, 15) is 0 Å². The van der Waals surface area contributed by atoms with Gasteiger partial charge in [-0.05, 0) is 13.0 Å². The highest BCUT2D eigenvalue weighted by atomic mass is 14.8. The Balaban J connectivity index is 2.79. The van der Waals surface area contributed by atoms with E-state index >= 15 is 0 Å². The molecule has 0 rings (SSSR count). The third kappa shape index (κ3) is 7.01. The Morgan fingerprint density at radius 1 is 1.56 bits per heavy atom. The Labute approximate surface area is 55.9 Å². The van der Waals surface area contributed by atoms with E-state index in [1.165, 1.54) is 0 Å². The Morgan fingerprint density at radius 3 is 2.89 bits per heavy atom. The summed E-state index contributed by atoms with van der Waals surface area (Å²) in [5.74, 6) is 2.45. The zero-order valence-electron chi connectivity index (χ0n) is 5.35. The van der Waals surface area contributed by atoms with Gasteiger partial charge in [-0.1, -0.05) is 5.92 Å². The number of nitriles is 1. The van der Waals surface area contributed by atoms with Gasteiger partial charge in [0.05, 0.1) is 12.6 Å². The molecule has 0 radical (unpaired) electrons. The zero-order chi connectivity index (χ0) is 6.95. The molecule has 0 aliphatic rings. The largest absolute Gasteiger partial charge is 0.306 e. The molecule has 0 aromatic carbocycles. The Morgan fingerprint density at radius 2 is 2.33 bits per heavy atom. The number of hydrogen-bond donors (Lipinski definition) is 1. The number of hydrogen-bond acceptors (Lipinski definition) is 2. The molecule has 1 N–H and O–H groups in total. The van der Waals surface area contributed by atoms with Gasteiger partial charge < -0.3 is 5.32 Å². The van der Waals surface area contributed by atoms with E-state index in [4.69, 9.17) is 11.7 Å². The lowest BCUT2D eigenvalue weighted by Crippen LogP contribution is -2.14. The highest BCUT2D eigenvalue weighted by molar-refractivity contribution is 4.86. The van der Waals surface area contributed by atoms with Crippen LogP contribution in [0.15, 0.2) is 0 Å². The predicted octanol–water partition coefficient (Wildman–Crippen LogP) is 0.513. The molecular formula is C7H10N2. The maximum Gasteiger partial charge on any atom is 0.0622 e. The van der Waals surface area contributed by atoms with Crippen molar-refractivity contribution < 1.29 is 0 Å². The molecule has 2 heteroatoms. The van der Waals surface area contributed by atoms with E-state index in [0.717, 1.165) is 13.0 Å². The number of rotatable bonds is 4. The number of unbranched alkanes of at least 4 members (excludes halogenated alkanes) is 1. The lowest BCUT2D eigenvalue weighted by Gasteiger charge is -1.93.